The normalized spacial score (nSPS) is 15.1. The molecule has 36 heavy (non-hydrogen) atoms. The van der Waals surface area contributed by atoms with Gasteiger partial charge in [0.1, 0.15) is 0 Å². The molecule has 3 aromatic carbocycles. The zero-order valence-corrected chi connectivity index (χ0v) is 22.5. The summed E-state index contributed by atoms with van der Waals surface area (Å²) in [6, 6.07) is 26.8. The van der Waals surface area contributed by atoms with Crippen molar-refractivity contribution in [1.29, 1.82) is 0 Å². The van der Waals surface area contributed by atoms with E-state index in [1.54, 1.807) is 0 Å². The molecule has 0 radical (unpaired) electrons. The Kier molecular flexibility index (Phi) is 8.43. The zero-order chi connectivity index (χ0) is 25.5. The van der Waals surface area contributed by atoms with Crippen molar-refractivity contribution in [2.24, 2.45) is 4.99 Å². The fraction of sp³-hybridized carbons (Fsp3) is 0.303. The van der Waals surface area contributed by atoms with Crippen LogP contribution in [0, 0.1) is 0 Å². The molecular formula is C33H39N3. The summed E-state index contributed by atoms with van der Waals surface area (Å²) >= 11 is 0. The molecule has 0 fully saturated rings. The van der Waals surface area contributed by atoms with Crippen LogP contribution in [0.15, 0.2) is 89.9 Å². The van der Waals surface area contributed by atoms with Gasteiger partial charge in [-0.2, -0.15) is 0 Å². The van der Waals surface area contributed by atoms with Crippen LogP contribution in [-0.2, 0) is 0 Å². The van der Waals surface area contributed by atoms with Crippen LogP contribution in [-0.4, -0.2) is 38.4 Å². The van der Waals surface area contributed by atoms with Gasteiger partial charge in [0.25, 0.3) is 0 Å². The first-order valence-corrected chi connectivity index (χ1v) is 13.4. The number of rotatable bonds is 9. The number of hydrogen-bond acceptors (Lipinski definition) is 3. The molecule has 4 rings (SSSR count). The van der Waals surface area contributed by atoms with E-state index in [-0.39, 0.29) is 0 Å². The van der Waals surface area contributed by atoms with Gasteiger partial charge >= 0.3 is 0 Å². The third kappa shape index (κ3) is 5.16. The van der Waals surface area contributed by atoms with E-state index < -0.39 is 0 Å². The molecule has 0 saturated heterocycles. The zero-order valence-electron chi connectivity index (χ0n) is 22.5. The summed E-state index contributed by atoms with van der Waals surface area (Å²) in [6.45, 7) is 15.7. The van der Waals surface area contributed by atoms with Crippen molar-refractivity contribution < 1.29 is 0 Å². The second-order valence-electron chi connectivity index (χ2n) is 8.97. The van der Waals surface area contributed by atoms with E-state index >= 15 is 0 Å². The molecule has 3 nitrogen and oxygen atoms in total. The maximum absolute atomic E-state index is 4.77. The van der Waals surface area contributed by atoms with Gasteiger partial charge < -0.3 is 9.80 Å². The number of nitrogens with zero attached hydrogens (tertiary/aromatic N) is 3. The quantitative estimate of drug-likeness (QED) is 0.314. The molecule has 1 aliphatic carbocycles. The van der Waals surface area contributed by atoms with Gasteiger partial charge in [0.2, 0.25) is 0 Å². The fourth-order valence-corrected chi connectivity index (χ4v) is 5.16. The summed E-state index contributed by atoms with van der Waals surface area (Å²) in [5.74, 6) is 0. The van der Waals surface area contributed by atoms with Gasteiger partial charge in [-0.3, -0.25) is 4.99 Å². The highest BCUT2D eigenvalue weighted by Crippen LogP contribution is 2.38. The van der Waals surface area contributed by atoms with Crippen molar-refractivity contribution in [3.05, 3.63) is 107 Å². The Balaban J connectivity index is 1.96. The highest BCUT2D eigenvalue weighted by Gasteiger charge is 2.20. The van der Waals surface area contributed by atoms with Crippen LogP contribution < -0.4 is 9.80 Å². The first-order chi connectivity index (χ1) is 17.6. The van der Waals surface area contributed by atoms with E-state index in [1.807, 2.05) is 0 Å². The summed E-state index contributed by atoms with van der Waals surface area (Å²) in [5, 5.41) is 0. The van der Waals surface area contributed by atoms with E-state index in [0.29, 0.717) is 0 Å². The summed E-state index contributed by atoms with van der Waals surface area (Å²) in [5.41, 5.74) is 11.0. The minimum absolute atomic E-state index is 0.776. The van der Waals surface area contributed by atoms with Crippen molar-refractivity contribution >= 4 is 28.2 Å². The van der Waals surface area contributed by atoms with Crippen molar-refractivity contribution in [3.8, 4) is 0 Å². The van der Waals surface area contributed by atoms with Crippen molar-refractivity contribution in [2.45, 2.75) is 34.6 Å². The van der Waals surface area contributed by atoms with Crippen LogP contribution in [0.1, 0.15) is 56.9 Å². The van der Waals surface area contributed by atoms with Gasteiger partial charge in [-0.15, -0.1) is 0 Å². The predicted molar refractivity (Wildman–Crippen MR) is 159 cm³/mol. The second kappa shape index (κ2) is 11.9. The Hall–Kier alpha value is -3.59. The summed E-state index contributed by atoms with van der Waals surface area (Å²) in [6.07, 6.45) is 4.44. The third-order valence-electron chi connectivity index (χ3n) is 7.05. The molecule has 0 heterocycles. The van der Waals surface area contributed by atoms with Crippen LogP contribution in [0.2, 0.25) is 0 Å². The molecule has 0 aliphatic heterocycles. The van der Waals surface area contributed by atoms with Crippen LogP contribution in [0.4, 0.5) is 11.4 Å². The average molecular weight is 478 g/mol. The maximum atomic E-state index is 4.77. The first kappa shape index (κ1) is 25.5. The van der Waals surface area contributed by atoms with Crippen molar-refractivity contribution in [3.63, 3.8) is 0 Å². The van der Waals surface area contributed by atoms with Crippen LogP contribution in [0.25, 0.3) is 11.1 Å². The van der Waals surface area contributed by atoms with Gasteiger partial charge in [0.15, 0.2) is 0 Å². The van der Waals surface area contributed by atoms with Gasteiger partial charge in [0, 0.05) is 49.7 Å². The molecular weight excluding hydrogens is 438 g/mol. The van der Waals surface area contributed by atoms with Crippen LogP contribution >= 0.6 is 0 Å². The minimum Gasteiger partial charge on any atom is -0.372 e. The Morgan fingerprint density at radius 3 is 1.89 bits per heavy atom. The number of hydrogen-bond donors (Lipinski definition) is 0. The monoisotopic (exact) mass is 477 g/mol. The Morgan fingerprint density at radius 2 is 1.25 bits per heavy atom. The number of aliphatic imine (C=N–C) groups is 1. The number of benzene rings is 3. The molecule has 0 atom stereocenters. The van der Waals surface area contributed by atoms with Crippen molar-refractivity contribution in [2.75, 3.05) is 42.5 Å². The molecule has 0 amide bonds. The van der Waals surface area contributed by atoms with E-state index in [9.17, 15) is 0 Å². The van der Waals surface area contributed by atoms with E-state index in [4.69, 9.17) is 4.99 Å². The van der Waals surface area contributed by atoms with Crippen LogP contribution in [0.5, 0.6) is 0 Å². The predicted octanol–water partition coefficient (Wildman–Crippen LogP) is 7.72. The lowest BCUT2D eigenvalue weighted by Crippen LogP contribution is -2.21. The molecule has 0 spiro atoms. The van der Waals surface area contributed by atoms with E-state index in [2.05, 4.69) is 129 Å². The highest BCUT2D eigenvalue weighted by molar-refractivity contribution is 6.19. The molecule has 3 aromatic rings. The Labute approximate surface area is 217 Å². The van der Waals surface area contributed by atoms with Gasteiger partial charge in [-0.05, 0) is 92.8 Å². The number of fused-ring (bicyclic) bond motifs is 1. The number of anilines is 2. The van der Waals surface area contributed by atoms with Crippen LogP contribution in [0.3, 0.4) is 0 Å². The Bertz CT molecular complexity index is 1260. The van der Waals surface area contributed by atoms with Gasteiger partial charge in [0.05, 0.1) is 5.71 Å². The lowest BCUT2D eigenvalue weighted by atomic mass is 9.83. The molecule has 186 valence electrons. The Morgan fingerprint density at radius 1 is 0.611 bits per heavy atom. The molecule has 0 aromatic heterocycles. The number of allylic oxidation sites excluding steroid dienone is 3. The van der Waals surface area contributed by atoms with E-state index in [0.717, 1.165) is 38.4 Å². The minimum atomic E-state index is 0.776. The summed E-state index contributed by atoms with van der Waals surface area (Å²) < 4.78 is 0. The van der Waals surface area contributed by atoms with Gasteiger partial charge in [-0.1, -0.05) is 54.6 Å². The topological polar surface area (TPSA) is 18.8 Å². The molecule has 0 unspecified atom stereocenters. The van der Waals surface area contributed by atoms with Crippen molar-refractivity contribution in [1.82, 2.24) is 0 Å². The molecule has 3 heteroatoms. The molecule has 0 saturated carbocycles. The first-order valence-electron chi connectivity index (χ1n) is 13.4. The smallest absolute Gasteiger partial charge is 0.0652 e. The molecule has 0 bridgehead atoms. The van der Waals surface area contributed by atoms with Gasteiger partial charge in [-0.25, -0.2) is 0 Å². The average Bonchev–Trinajstić information content (AvgIpc) is 2.92. The second-order valence-corrected chi connectivity index (χ2v) is 8.97. The summed E-state index contributed by atoms with van der Waals surface area (Å²) in [4.78, 5) is 9.57. The maximum Gasteiger partial charge on any atom is 0.0652 e. The highest BCUT2D eigenvalue weighted by atomic mass is 15.1. The molecule has 0 N–H and O–H groups in total. The lowest BCUT2D eigenvalue weighted by Gasteiger charge is -2.25. The third-order valence-corrected chi connectivity index (χ3v) is 7.05. The molecule has 1 aliphatic rings. The lowest BCUT2D eigenvalue weighted by molar-refractivity contribution is 0.866. The largest absolute Gasteiger partial charge is 0.372 e. The SMILES string of the molecule is CCN=C1C=C/C(=C(\c2ccc(N(CC)CC)cc2)c2cccc(N(CC)CC)c2)c2ccccc21. The summed E-state index contributed by atoms with van der Waals surface area (Å²) in [7, 11) is 0. The van der Waals surface area contributed by atoms with E-state index in [1.165, 1.54) is 44.8 Å². The standard InChI is InChI=1S/C33H39N3/c1-6-34-32-23-22-31(29-16-11-12-17-30(29)32)33(25-18-20-27(21-19-25)35(7-2)8-3)26-14-13-15-28(24-26)36(9-4)10-5/h11-24H,6-10H2,1-5H3/b33-31-,34-32?. The fourth-order valence-electron chi connectivity index (χ4n) is 5.16.